The monoisotopic (exact) mass is 241 g/mol. The highest BCUT2D eigenvalue weighted by atomic mass is 16.2. The molecule has 1 rings (SSSR count). The van der Waals surface area contributed by atoms with E-state index in [2.05, 4.69) is 22.2 Å². The average Bonchev–Trinajstić information content (AvgIpc) is 2.26. The summed E-state index contributed by atoms with van der Waals surface area (Å²) < 4.78 is 0. The van der Waals surface area contributed by atoms with Crippen molar-refractivity contribution in [2.45, 2.75) is 19.8 Å². The van der Waals surface area contributed by atoms with Gasteiger partial charge in [0.15, 0.2) is 0 Å². The maximum absolute atomic E-state index is 11.2. The number of piperazine rings is 1. The summed E-state index contributed by atoms with van der Waals surface area (Å²) in [6.45, 7) is 7.58. The number of hydrogen-bond acceptors (Lipinski definition) is 4. The summed E-state index contributed by atoms with van der Waals surface area (Å²) in [5.41, 5.74) is 0. The lowest BCUT2D eigenvalue weighted by Gasteiger charge is -2.32. The number of ketones is 1. The summed E-state index contributed by atoms with van der Waals surface area (Å²) in [5, 5.41) is 2.77. The summed E-state index contributed by atoms with van der Waals surface area (Å²) in [7, 11) is 2.14. The standard InChI is InChI=1S/C12H23N3O2/c1-11(16)10-12(17)13-4-3-5-15-8-6-14(2)7-9-15/h3-10H2,1-2H3,(H,13,17). The quantitative estimate of drug-likeness (QED) is 0.513. The van der Waals surface area contributed by atoms with Crippen LogP contribution in [0.4, 0.5) is 0 Å². The van der Waals surface area contributed by atoms with Crippen molar-refractivity contribution in [3.05, 3.63) is 0 Å². The third kappa shape index (κ3) is 6.38. The molecular weight excluding hydrogens is 218 g/mol. The van der Waals surface area contributed by atoms with Gasteiger partial charge in [-0.25, -0.2) is 0 Å². The molecule has 1 fully saturated rings. The van der Waals surface area contributed by atoms with Gasteiger partial charge in [0.2, 0.25) is 5.91 Å². The maximum atomic E-state index is 11.2. The van der Waals surface area contributed by atoms with Crippen LogP contribution in [0.15, 0.2) is 0 Å². The van der Waals surface area contributed by atoms with Gasteiger partial charge in [-0.15, -0.1) is 0 Å². The van der Waals surface area contributed by atoms with Gasteiger partial charge < -0.3 is 15.1 Å². The van der Waals surface area contributed by atoms with E-state index in [9.17, 15) is 9.59 Å². The van der Waals surface area contributed by atoms with Crippen molar-refractivity contribution < 1.29 is 9.59 Å². The Balaban J connectivity index is 2.00. The highest BCUT2D eigenvalue weighted by Gasteiger charge is 2.12. The van der Waals surface area contributed by atoms with Gasteiger partial charge in [0.1, 0.15) is 5.78 Å². The molecule has 1 saturated heterocycles. The van der Waals surface area contributed by atoms with Gasteiger partial charge in [0, 0.05) is 32.7 Å². The van der Waals surface area contributed by atoms with Crippen LogP contribution in [0.5, 0.6) is 0 Å². The van der Waals surface area contributed by atoms with Crippen LogP contribution in [0.2, 0.25) is 0 Å². The second-order valence-electron chi connectivity index (χ2n) is 4.73. The fraction of sp³-hybridized carbons (Fsp3) is 0.833. The van der Waals surface area contributed by atoms with Crippen LogP contribution < -0.4 is 5.32 Å². The number of hydrogen-bond donors (Lipinski definition) is 1. The Kier molecular flexibility index (Phi) is 6.15. The Bertz CT molecular complexity index is 260. The third-order valence-corrected chi connectivity index (χ3v) is 2.98. The van der Waals surface area contributed by atoms with E-state index in [1.807, 2.05) is 0 Å². The zero-order chi connectivity index (χ0) is 12.7. The van der Waals surface area contributed by atoms with E-state index in [0.29, 0.717) is 6.54 Å². The molecule has 0 aromatic heterocycles. The highest BCUT2D eigenvalue weighted by molar-refractivity contribution is 5.96. The van der Waals surface area contributed by atoms with Crippen LogP contribution in [0.25, 0.3) is 0 Å². The Hall–Kier alpha value is -0.940. The molecule has 1 amide bonds. The van der Waals surface area contributed by atoms with E-state index in [-0.39, 0.29) is 18.1 Å². The van der Waals surface area contributed by atoms with Gasteiger partial charge in [-0.2, -0.15) is 0 Å². The number of carbonyl (C=O) groups excluding carboxylic acids is 2. The summed E-state index contributed by atoms with van der Waals surface area (Å²) in [4.78, 5) is 26.6. The van der Waals surface area contributed by atoms with E-state index in [0.717, 1.165) is 39.1 Å². The number of nitrogens with one attached hydrogen (secondary N) is 1. The third-order valence-electron chi connectivity index (χ3n) is 2.98. The van der Waals surface area contributed by atoms with Crippen molar-refractivity contribution in [1.29, 1.82) is 0 Å². The number of Topliss-reactive ketones (excluding diaryl/α,β-unsaturated/α-hetero) is 1. The van der Waals surface area contributed by atoms with Crippen LogP contribution in [-0.2, 0) is 9.59 Å². The van der Waals surface area contributed by atoms with Gasteiger partial charge in [0.25, 0.3) is 0 Å². The van der Waals surface area contributed by atoms with Crippen LogP contribution in [0, 0.1) is 0 Å². The smallest absolute Gasteiger partial charge is 0.227 e. The van der Waals surface area contributed by atoms with Gasteiger partial charge in [0.05, 0.1) is 6.42 Å². The molecule has 0 unspecified atom stereocenters. The van der Waals surface area contributed by atoms with Crippen LogP contribution in [0.3, 0.4) is 0 Å². The molecule has 0 aromatic rings. The molecule has 1 N–H and O–H groups in total. The minimum absolute atomic E-state index is 0.00844. The molecule has 0 bridgehead atoms. The van der Waals surface area contributed by atoms with Crippen LogP contribution in [0.1, 0.15) is 19.8 Å². The van der Waals surface area contributed by atoms with Crippen molar-refractivity contribution in [2.75, 3.05) is 46.3 Å². The maximum Gasteiger partial charge on any atom is 0.227 e. The fourth-order valence-electron chi connectivity index (χ4n) is 1.89. The van der Waals surface area contributed by atoms with Crippen molar-refractivity contribution in [3.8, 4) is 0 Å². The number of carbonyl (C=O) groups is 2. The first-order valence-electron chi connectivity index (χ1n) is 6.25. The molecule has 1 aliphatic rings. The fourth-order valence-corrected chi connectivity index (χ4v) is 1.89. The molecule has 98 valence electrons. The lowest BCUT2D eigenvalue weighted by molar-refractivity contribution is -0.127. The molecule has 0 saturated carbocycles. The van der Waals surface area contributed by atoms with E-state index in [1.165, 1.54) is 6.92 Å². The number of nitrogens with zero attached hydrogens (tertiary/aromatic N) is 2. The van der Waals surface area contributed by atoms with Gasteiger partial charge in [-0.1, -0.05) is 0 Å². The van der Waals surface area contributed by atoms with E-state index in [1.54, 1.807) is 0 Å². The topological polar surface area (TPSA) is 52.7 Å². The first-order valence-corrected chi connectivity index (χ1v) is 6.25. The predicted molar refractivity (Wildman–Crippen MR) is 66.9 cm³/mol. The predicted octanol–water partition coefficient (Wildman–Crippen LogP) is -0.281. The molecule has 0 aromatic carbocycles. The van der Waals surface area contributed by atoms with Crippen LogP contribution in [-0.4, -0.2) is 67.8 Å². The SMILES string of the molecule is CC(=O)CC(=O)NCCCN1CCN(C)CC1. The van der Waals surface area contributed by atoms with Crippen molar-refractivity contribution >= 4 is 11.7 Å². The first-order chi connectivity index (χ1) is 8.08. The van der Waals surface area contributed by atoms with E-state index >= 15 is 0 Å². The molecule has 5 nitrogen and oxygen atoms in total. The summed E-state index contributed by atoms with van der Waals surface area (Å²) in [5.74, 6) is -0.238. The molecule has 0 radical (unpaired) electrons. The van der Waals surface area contributed by atoms with Gasteiger partial charge in [-0.05, 0) is 26.9 Å². The molecule has 1 aliphatic heterocycles. The molecule has 0 atom stereocenters. The Morgan fingerprint density at radius 2 is 1.82 bits per heavy atom. The van der Waals surface area contributed by atoms with E-state index < -0.39 is 0 Å². The first kappa shape index (κ1) is 14.1. The largest absolute Gasteiger partial charge is 0.356 e. The summed E-state index contributed by atoms with van der Waals surface area (Å²) >= 11 is 0. The van der Waals surface area contributed by atoms with Crippen molar-refractivity contribution in [2.24, 2.45) is 0 Å². The summed E-state index contributed by atoms with van der Waals surface area (Å²) in [6, 6.07) is 0. The average molecular weight is 241 g/mol. The zero-order valence-electron chi connectivity index (χ0n) is 10.9. The molecule has 0 aliphatic carbocycles. The summed E-state index contributed by atoms with van der Waals surface area (Å²) in [6.07, 6.45) is 0.960. The Labute approximate surface area is 103 Å². The number of amides is 1. The highest BCUT2D eigenvalue weighted by Crippen LogP contribution is 1.99. The molecule has 17 heavy (non-hydrogen) atoms. The second-order valence-corrected chi connectivity index (χ2v) is 4.73. The van der Waals surface area contributed by atoms with Crippen molar-refractivity contribution in [3.63, 3.8) is 0 Å². The molecule has 1 heterocycles. The zero-order valence-corrected chi connectivity index (χ0v) is 10.9. The lowest BCUT2D eigenvalue weighted by atomic mass is 10.3. The molecule has 5 heteroatoms. The van der Waals surface area contributed by atoms with Gasteiger partial charge in [-0.3, -0.25) is 9.59 Å². The Morgan fingerprint density at radius 3 is 2.41 bits per heavy atom. The lowest BCUT2D eigenvalue weighted by Crippen LogP contribution is -2.45. The van der Waals surface area contributed by atoms with Crippen molar-refractivity contribution in [1.82, 2.24) is 15.1 Å². The molecule has 0 spiro atoms. The molecular formula is C12H23N3O2. The number of likely N-dealkylation sites (N-methyl/N-ethyl adjacent to an activating group) is 1. The number of rotatable bonds is 6. The normalized spacial score (nSPS) is 18.0. The second kappa shape index (κ2) is 7.40. The van der Waals surface area contributed by atoms with Crippen LogP contribution >= 0.6 is 0 Å². The minimum Gasteiger partial charge on any atom is -0.356 e. The van der Waals surface area contributed by atoms with Gasteiger partial charge >= 0.3 is 0 Å². The Morgan fingerprint density at radius 1 is 1.18 bits per heavy atom. The minimum atomic E-state index is -0.157. The van der Waals surface area contributed by atoms with E-state index in [4.69, 9.17) is 0 Å².